The van der Waals surface area contributed by atoms with E-state index in [1.165, 1.54) is 22.5 Å². The SMILES string of the molecule is CCCN(c1cc(/C=C/C2CC2C)cc(COC[C@](C)(N)Cc2ccccc2)c1)S(C)(=O)=O. The van der Waals surface area contributed by atoms with Gasteiger partial charge in [0, 0.05) is 12.1 Å². The normalized spacial score (nSPS) is 20.0. The number of hydrogen-bond donors (Lipinski definition) is 1. The van der Waals surface area contributed by atoms with E-state index in [-0.39, 0.29) is 0 Å². The van der Waals surface area contributed by atoms with Crippen molar-refractivity contribution in [3.05, 3.63) is 71.3 Å². The summed E-state index contributed by atoms with van der Waals surface area (Å²) >= 11 is 0. The number of sulfonamides is 1. The summed E-state index contributed by atoms with van der Waals surface area (Å²) in [6, 6.07) is 16.1. The van der Waals surface area contributed by atoms with Gasteiger partial charge in [-0.3, -0.25) is 4.31 Å². The molecule has 2 unspecified atom stereocenters. The average Bonchev–Trinajstić information content (AvgIpc) is 3.45. The van der Waals surface area contributed by atoms with Crippen molar-refractivity contribution >= 4 is 21.8 Å². The van der Waals surface area contributed by atoms with Crippen LogP contribution in [-0.2, 0) is 27.8 Å². The van der Waals surface area contributed by atoms with Gasteiger partial charge in [-0.25, -0.2) is 8.42 Å². The third kappa shape index (κ3) is 7.98. The summed E-state index contributed by atoms with van der Waals surface area (Å²) in [6.07, 6.45) is 8.28. The van der Waals surface area contributed by atoms with Crippen LogP contribution in [0.25, 0.3) is 6.08 Å². The quantitative estimate of drug-likeness (QED) is 0.473. The molecule has 0 saturated heterocycles. The summed E-state index contributed by atoms with van der Waals surface area (Å²) in [5.41, 5.74) is 9.80. The molecule has 180 valence electrons. The largest absolute Gasteiger partial charge is 0.375 e. The predicted molar refractivity (Wildman–Crippen MR) is 138 cm³/mol. The van der Waals surface area contributed by atoms with Crippen LogP contribution in [0.3, 0.4) is 0 Å². The van der Waals surface area contributed by atoms with E-state index in [4.69, 9.17) is 10.5 Å². The maximum absolute atomic E-state index is 12.4. The third-order valence-electron chi connectivity index (χ3n) is 5.97. The summed E-state index contributed by atoms with van der Waals surface area (Å²) in [7, 11) is -3.37. The van der Waals surface area contributed by atoms with E-state index in [0.717, 1.165) is 29.9 Å². The Morgan fingerprint density at radius 1 is 1.18 bits per heavy atom. The summed E-state index contributed by atoms with van der Waals surface area (Å²) < 4.78 is 32.4. The number of nitrogens with zero attached hydrogens (tertiary/aromatic N) is 1. The fraction of sp³-hybridized carbons (Fsp3) is 0.481. The van der Waals surface area contributed by atoms with Crippen LogP contribution in [0, 0.1) is 11.8 Å². The molecular weight excluding hydrogens is 432 g/mol. The molecule has 1 fully saturated rings. The minimum atomic E-state index is -3.37. The smallest absolute Gasteiger partial charge is 0.232 e. The summed E-state index contributed by atoms with van der Waals surface area (Å²) in [6.45, 7) is 7.45. The predicted octanol–water partition coefficient (Wildman–Crippen LogP) is 5.01. The number of hydrogen-bond acceptors (Lipinski definition) is 4. The maximum atomic E-state index is 12.4. The molecule has 1 saturated carbocycles. The first-order chi connectivity index (χ1) is 15.6. The van der Waals surface area contributed by atoms with E-state index < -0.39 is 15.6 Å². The van der Waals surface area contributed by atoms with Crippen molar-refractivity contribution in [3.63, 3.8) is 0 Å². The van der Waals surface area contributed by atoms with Crippen LogP contribution in [0.4, 0.5) is 5.69 Å². The van der Waals surface area contributed by atoms with Crippen molar-refractivity contribution in [2.45, 2.75) is 52.2 Å². The second kappa shape index (κ2) is 10.9. The Labute approximate surface area is 199 Å². The molecule has 0 bridgehead atoms. The van der Waals surface area contributed by atoms with Gasteiger partial charge in [0.15, 0.2) is 0 Å². The van der Waals surface area contributed by atoms with Gasteiger partial charge in [0.25, 0.3) is 0 Å². The van der Waals surface area contributed by atoms with Crippen molar-refractivity contribution in [2.75, 3.05) is 23.7 Å². The fourth-order valence-corrected chi connectivity index (χ4v) is 5.08. The standard InChI is InChI=1S/C27H38N2O3S/c1-5-13-29(33(4,30)31)26-16-23(11-12-25-14-21(25)2)15-24(17-26)19-32-20-27(3,28)18-22-9-7-6-8-10-22/h6-12,15-17,21,25H,5,13-14,18-20,28H2,1-4H3/b12-11+/t21?,25?,27-/m1/s1. The highest BCUT2D eigenvalue weighted by Crippen LogP contribution is 2.39. The van der Waals surface area contributed by atoms with E-state index in [1.807, 2.05) is 44.2 Å². The van der Waals surface area contributed by atoms with Crippen LogP contribution >= 0.6 is 0 Å². The molecule has 0 heterocycles. The molecule has 33 heavy (non-hydrogen) atoms. The van der Waals surface area contributed by atoms with Crippen LogP contribution in [-0.4, -0.2) is 33.4 Å². The van der Waals surface area contributed by atoms with E-state index >= 15 is 0 Å². The van der Waals surface area contributed by atoms with Crippen molar-refractivity contribution in [2.24, 2.45) is 17.6 Å². The first-order valence-corrected chi connectivity index (χ1v) is 13.6. The monoisotopic (exact) mass is 470 g/mol. The molecule has 0 spiro atoms. The lowest BCUT2D eigenvalue weighted by atomic mass is 9.95. The average molecular weight is 471 g/mol. The zero-order valence-electron chi connectivity index (χ0n) is 20.3. The van der Waals surface area contributed by atoms with Gasteiger partial charge in [0.2, 0.25) is 10.0 Å². The van der Waals surface area contributed by atoms with Gasteiger partial charge in [-0.05, 0) is 72.9 Å². The molecule has 1 aliphatic rings. The van der Waals surface area contributed by atoms with Crippen LogP contribution in [0.1, 0.15) is 50.3 Å². The first kappa shape index (κ1) is 25.5. The number of rotatable bonds is 12. The first-order valence-electron chi connectivity index (χ1n) is 11.8. The Hall–Kier alpha value is -2.15. The molecule has 2 aromatic rings. The number of allylic oxidation sites excluding steroid dienone is 1. The summed E-state index contributed by atoms with van der Waals surface area (Å²) in [5.74, 6) is 1.35. The molecule has 0 amide bonds. The maximum Gasteiger partial charge on any atom is 0.232 e. The number of ether oxygens (including phenoxy) is 1. The van der Waals surface area contributed by atoms with Crippen molar-refractivity contribution in [1.29, 1.82) is 0 Å². The molecule has 0 radical (unpaired) electrons. The molecule has 6 heteroatoms. The second-order valence-electron chi connectivity index (χ2n) is 9.81. The van der Waals surface area contributed by atoms with Gasteiger partial charge in [-0.15, -0.1) is 0 Å². The molecule has 0 aromatic heterocycles. The Balaban J connectivity index is 1.75. The zero-order chi connectivity index (χ0) is 24.1. The van der Waals surface area contributed by atoms with Gasteiger partial charge in [-0.2, -0.15) is 0 Å². The van der Waals surface area contributed by atoms with Crippen LogP contribution in [0.2, 0.25) is 0 Å². The van der Waals surface area contributed by atoms with E-state index in [9.17, 15) is 8.42 Å². The van der Waals surface area contributed by atoms with Gasteiger partial charge < -0.3 is 10.5 Å². The van der Waals surface area contributed by atoms with Gasteiger partial charge in [0.05, 0.1) is 25.2 Å². The molecule has 3 rings (SSSR count). The molecule has 1 aliphatic carbocycles. The van der Waals surface area contributed by atoms with Crippen LogP contribution in [0.5, 0.6) is 0 Å². The minimum absolute atomic E-state index is 0.375. The molecular formula is C27H38N2O3S. The summed E-state index contributed by atoms with van der Waals surface area (Å²) in [5, 5.41) is 0. The Kier molecular flexibility index (Phi) is 8.38. The van der Waals surface area contributed by atoms with Gasteiger partial charge in [0.1, 0.15) is 0 Å². The fourth-order valence-electron chi connectivity index (χ4n) is 4.08. The van der Waals surface area contributed by atoms with Crippen LogP contribution in [0.15, 0.2) is 54.6 Å². The molecule has 5 nitrogen and oxygen atoms in total. The zero-order valence-corrected chi connectivity index (χ0v) is 21.1. The Morgan fingerprint density at radius 3 is 2.48 bits per heavy atom. The lowest BCUT2D eigenvalue weighted by Crippen LogP contribution is -2.43. The lowest BCUT2D eigenvalue weighted by Gasteiger charge is -2.25. The second-order valence-corrected chi connectivity index (χ2v) is 11.7. The summed E-state index contributed by atoms with van der Waals surface area (Å²) in [4.78, 5) is 0. The molecule has 0 aliphatic heterocycles. The molecule has 2 aromatic carbocycles. The van der Waals surface area contributed by atoms with Gasteiger partial charge >= 0.3 is 0 Å². The highest BCUT2D eigenvalue weighted by Gasteiger charge is 2.29. The molecule has 2 N–H and O–H groups in total. The highest BCUT2D eigenvalue weighted by molar-refractivity contribution is 7.92. The van der Waals surface area contributed by atoms with E-state index in [0.29, 0.717) is 31.4 Å². The van der Waals surface area contributed by atoms with Gasteiger partial charge in [-0.1, -0.05) is 56.3 Å². The minimum Gasteiger partial charge on any atom is -0.375 e. The third-order valence-corrected chi connectivity index (χ3v) is 7.17. The Morgan fingerprint density at radius 2 is 1.88 bits per heavy atom. The van der Waals surface area contributed by atoms with Crippen LogP contribution < -0.4 is 10.0 Å². The topological polar surface area (TPSA) is 72.6 Å². The lowest BCUT2D eigenvalue weighted by molar-refractivity contribution is 0.0791. The van der Waals surface area contributed by atoms with E-state index in [2.05, 4.69) is 37.3 Å². The Bertz CT molecular complexity index is 1050. The van der Waals surface area contributed by atoms with Crippen molar-refractivity contribution < 1.29 is 13.2 Å². The van der Waals surface area contributed by atoms with Crippen molar-refractivity contribution in [3.8, 4) is 0 Å². The number of benzene rings is 2. The number of nitrogens with two attached hydrogens (primary N) is 1. The van der Waals surface area contributed by atoms with E-state index in [1.54, 1.807) is 0 Å². The van der Waals surface area contributed by atoms with Crippen molar-refractivity contribution in [1.82, 2.24) is 0 Å². The highest BCUT2D eigenvalue weighted by atomic mass is 32.2. The number of anilines is 1. The molecule has 3 atom stereocenters.